The summed E-state index contributed by atoms with van der Waals surface area (Å²) in [7, 11) is 1.65. The van der Waals surface area contributed by atoms with Gasteiger partial charge in [-0.3, -0.25) is 14.8 Å². The van der Waals surface area contributed by atoms with Gasteiger partial charge in [0.2, 0.25) is 0 Å². The highest BCUT2D eigenvalue weighted by atomic mass is 16.5. The minimum absolute atomic E-state index is 0.0168. The van der Waals surface area contributed by atoms with Crippen molar-refractivity contribution in [3.05, 3.63) is 71.4 Å². The Morgan fingerprint density at radius 2 is 1.81 bits per heavy atom. The van der Waals surface area contributed by atoms with Crippen LogP contribution in [-0.4, -0.2) is 72.4 Å². The van der Waals surface area contributed by atoms with Crippen LogP contribution in [0.3, 0.4) is 0 Å². The molecule has 0 bridgehead atoms. The Morgan fingerprint density at radius 1 is 1.06 bits per heavy atom. The Balaban J connectivity index is 1.45. The van der Waals surface area contributed by atoms with Crippen LogP contribution in [0.2, 0.25) is 0 Å². The molecule has 32 heavy (non-hydrogen) atoms. The number of hydrogen-bond acceptors (Lipinski definition) is 5. The number of H-pyrrole nitrogens is 1. The second kappa shape index (κ2) is 9.14. The van der Waals surface area contributed by atoms with Crippen molar-refractivity contribution in [2.45, 2.75) is 12.5 Å². The van der Waals surface area contributed by atoms with E-state index in [0.29, 0.717) is 12.2 Å². The predicted octanol–water partition coefficient (Wildman–Crippen LogP) is 3.35. The van der Waals surface area contributed by atoms with Crippen LogP contribution in [0.1, 0.15) is 34.1 Å². The van der Waals surface area contributed by atoms with Gasteiger partial charge in [-0.05, 0) is 36.2 Å². The maximum absolute atomic E-state index is 13.4. The first-order valence-corrected chi connectivity index (χ1v) is 11.1. The number of nitrogens with zero attached hydrogens (tertiary/aromatic N) is 3. The number of carbonyl (C=O) groups is 1. The fourth-order valence-corrected chi connectivity index (χ4v) is 4.67. The predicted molar refractivity (Wildman–Crippen MR) is 122 cm³/mol. The topological polar surface area (TPSA) is 70.7 Å². The smallest absolute Gasteiger partial charge is 0.273 e. The van der Waals surface area contributed by atoms with E-state index >= 15 is 0 Å². The number of aromatic nitrogens is 2. The van der Waals surface area contributed by atoms with Crippen molar-refractivity contribution in [1.29, 1.82) is 0 Å². The van der Waals surface area contributed by atoms with Gasteiger partial charge >= 0.3 is 0 Å². The second-order valence-corrected chi connectivity index (χ2v) is 8.21. The first-order chi connectivity index (χ1) is 15.8. The molecule has 7 heteroatoms. The lowest BCUT2D eigenvalue weighted by Crippen LogP contribution is -2.38. The Kier molecular flexibility index (Phi) is 5.92. The molecule has 5 rings (SSSR count). The van der Waals surface area contributed by atoms with E-state index in [2.05, 4.69) is 27.2 Å². The third-order valence-electron chi connectivity index (χ3n) is 6.32. The summed E-state index contributed by atoms with van der Waals surface area (Å²) < 4.78 is 10.7. The minimum atomic E-state index is -0.153. The SMILES string of the molecule is COc1ccc(-c2n[nH]c3c2C(c2ccccc2)N(CCCN2CCOCC2)C3=O)cc1. The third kappa shape index (κ3) is 3.89. The molecule has 0 radical (unpaired) electrons. The highest BCUT2D eigenvalue weighted by Gasteiger charge is 2.41. The number of amides is 1. The molecular weight excluding hydrogens is 404 g/mol. The van der Waals surface area contributed by atoms with Crippen LogP contribution < -0.4 is 4.74 Å². The van der Waals surface area contributed by atoms with Gasteiger partial charge in [-0.15, -0.1) is 0 Å². The van der Waals surface area contributed by atoms with Crippen LogP contribution >= 0.6 is 0 Å². The summed E-state index contributed by atoms with van der Waals surface area (Å²) in [5.74, 6) is 0.810. The fourth-order valence-electron chi connectivity index (χ4n) is 4.67. The van der Waals surface area contributed by atoms with E-state index in [-0.39, 0.29) is 11.9 Å². The third-order valence-corrected chi connectivity index (χ3v) is 6.32. The highest BCUT2D eigenvalue weighted by molar-refractivity contribution is 6.00. The first kappa shape index (κ1) is 20.7. The molecule has 2 aliphatic heterocycles. The molecule has 2 aromatic carbocycles. The summed E-state index contributed by atoms with van der Waals surface area (Å²) in [4.78, 5) is 17.8. The van der Waals surface area contributed by atoms with Crippen LogP contribution in [0, 0.1) is 0 Å². The van der Waals surface area contributed by atoms with E-state index in [0.717, 1.165) is 67.4 Å². The van der Waals surface area contributed by atoms with Crippen molar-refractivity contribution >= 4 is 5.91 Å². The summed E-state index contributed by atoms with van der Waals surface area (Å²) in [6.07, 6.45) is 0.921. The molecule has 2 aliphatic rings. The van der Waals surface area contributed by atoms with Gasteiger partial charge in [0.05, 0.1) is 32.1 Å². The quantitative estimate of drug-likeness (QED) is 0.620. The zero-order valence-electron chi connectivity index (χ0n) is 18.3. The highest BCUT2D eigenvalue weighted by Crippen LogP contribution is 2.42. The number of carbonyl (C=O) groups excluding carboxylic acids is 1. The zero-order chi connectivity index (χ0) is 21.9. The van der Waals surface area contributed by atoms with Crippen LogP contribution in [0.4, 0.5) is 0 Å². The van der Waals surface area contributed by atoms with Crippen molar-refractivity contribution in [3.8, 4) is 17.0 Å². The number of nitrogens with one attached hydrogen (secondary N) is 1. The van der Waals surface area contributed by atoms with E-state index < -0.39 is 0 Å². The van der Waals surface area contributed by atoms with Gasteiger partial charge < -0.3 is 14.4 Å². The van der Waals surface area contributed by atoms with Crippen molar-refractivity contribution in [3.63, 3.8) is 0 Å². The molecule has 1 fully saturated rings. The number of rotatable bonds is 7. The molecule has 1 amide bonds. The molecule has 3 aromatic rings. The molecule has 1 N–H and O–H groups in total. The van der Waals surface area contributed by atoms with E-state index in [1.54, 1.807) is 7.11 Å². The average Bonchev–Trinajstić information content (AvgIpc) is 3.39. The number of hydrogen-bond donors (Lipinski definition) is 1. The van der Waals surface area contributed by atoms with Gasteiger partial charge in [0.15, 0.2) is 0 Å². The molecule has 166 valence electrons. The molecule has 3 heterocycles. The van der Waals surface area contributed by atoms with Crippen LogP contribution in [-0.2, 0) is 4.74 Å². The molecular formula is C25H28N4O3. The Hall–Kier alpha value is -3.16. The van der Waals surface area contributed by atoms with Crippen molar-refractivity contribution in [2.24, 2.45) is 0 Å². The maximum atomic E-state index is 13.4. The van der Waals surface area contributed by atoms with E-state index in [1.165, 1.54) is 0 Å². The molecule has 0 aliphatic carbocycles. The van der Waals surface area contributed by atoms with E-state index in [1.807, 2.05) is 47.4 Å². The number of fused-ring (bicyclic) bond motifs is 1. The zero-order valence-corrected chi connectivity index (χ0v) is 18.3. The van der Waals surface area contributed by atoms with Gasteiger partial charge in [-0.25, -0.2) is 0 Å². The van der Waals surface area contributed by atoms with Crippen molar-refractivity contribution in [2.75, 3.05) is 46.5 Å². The van der Waals surface area contributed by atoms with E-state index in [4.69, 9.17) is 9.47 Å². The first-order valence-electron chi connectivity index (χ1n) is 11.1. The lowest BCUT2D eigenvalue weighted by Gasteiger charge is -2.29. The molecule has 1 aromatic heterocycles. The standard InChI is InChI=1S/C25H28N4O3/c1-31-20-10-8-18(9-11-20)22-21-23(27-26-22)25(30)29(24(21)19-6-3-2-4-7-19)13-5-12-28-14-16-32-17-15-28/h2-4,6-11,24H,5,12-17H2,1H3,(H,26,27). The van der Waals surface area contributed by atoms with Crippen LogP contribution in [0.25, 0.3) is 11.3 Å². The van der Waals surface area contributed by atoms with Gasteiger partial charge in [-0.1, -0.05) is 30.3 Å². The van der Waals surface area contributed by atoms with Gasteiger partial charge in [-0.2, -0.15) is 5.10 Å². The van der Waals surface area contributed by atoms with Gasteiger partial charge in [0.1, 0.15) is 11.4 Å². The number of morpholine rings is 1. The van der Waals surface area contributed by atoms with Crippen LogP contribution in [0.5, 0.6) is 5.75 Å². The van der Waals surface area contributed by atoms with Crippen molar-refractivity contribution < 1.29 is 14.3 Å². The number of benzene rings is 2. The average molecular weight is 433 g/mol. The summed E-state index contributed by atoms with van der Waals surface area (Å²) in [6, 6.07) is 17.9. The normalized spacial score (nSPS) is 18.7. The van der Waals surface area contributed by atoms with Gasteiger partial charge in [0.25, 0.3) is 5.91 Å². The summed E-state index contributed by atoms with van der Waals surface area (Å²) in [5.41, 5.74) is 4.43. The number of methoxy groups -OCH3 is 1. The summed E-state index contributed by atoms with van der Waals surface area (Å²) in [5, 5.41) is 7.58. The largest absolute Gasteiger partial charge is 0.497 e. The lowest BCUT2D eigenvalue weighted by molar-refractivity contribution is 0.0354. The Labute approximate surface area is 187 Å². The van der Waals surface area contributed by atoms with E-state index in [9.17, 15) is 4.79 Å². The molecule has 1 atom stereocenters. The minimum Gasteiger partial charge on any atom is -0.497 e. The van der Waals surface area contributed by atoms with Gasteiger partial charge in [0, 0.05) is 37.3 Å². The van der Waals surface area contributed by atoms with Crippen molar-refractivity contribution in [1.82, 2.24) is 20.0 Å². The molecule has 1 unspecified atom stereocenters. The fraction of sp³-hybridized carbons (Fsp3) is 0.360. The monoisotopic (exact) mass is 432 g/mol. The molecule has 0 spiro atoms. The second-order valence-electron chi connectivity index (χ2n) is 8.21. The number of aromatic amines is 1. The lowest BCUT2D eigenvalue weighted by atomic mass is 9.96. The maximum Gasteiger partial charge on any atom is 0.273 e. The van der Waals surface area contributed by atoms with Crippen LogP contribution in [0.15, 0.2) is 54.6 Å². The summed E-state index contributed by atoms with van der Waals surface area (Å²) in [6.45, 7) is 5.15. The molecule has 1 saturated heterocycles. The number of ether oxygens (including phenoxy) is 2. The molecule has 0 saturated carbocycles. The summed E-state index contributed by atoms with van der Waals surface area (Å²) >= 11 is 0. The molecule has 7 nitrogen and oxygen atoms in total. The Morgan fingerprint density at radius 3 is 2.53 bits per heavy atom. The Bertz CT molecular complexity index is 1060.